The number of carbonyl (C=O) groups excluding carboxylic acids is 2. The van der Waals surface area contributed by atoms with Crippen LogP contribution in [0.1, 0.15) is 18.5 Å². The van der Waals surface area contributed by atoms with Crippen LogP contribution in [0.15, 0.2) is 53.9 Å². The number of urea groups is 1. The Morgan fingerprint density at radius 2 is 1.96 bits per heavy atom. The molecular weight excluding hydrogens is 348 g/mol. The van der Waals surface area contributed by atoms with Crippen LogP contribution in [0.3, 0.4) is 0 Å². The first-order chi connectivity index (χ1) is 13.0. The lowest BCUT2D eigenvalue weighted by Crippen LogP contribution is -2.46. The van der Waals surface area contributed by atoms with Crippen molar-refractivity contribution in [3.05, 3.63) is 59.4 Å². The van der Waals surface area contributed by atoms with Crippen LogP contribution in [-0.4, -0.2) is 31.1 Å². The van der Waals surface area contributed by atoms with E-state index in [-0.39, 0.29) is 5.91 Å². The number of amides is 3. The molecule has 1 aliphatic rings. The van der Waals surface area contributed by atoms with Crippen molar-refractivity contribution in [2.45, 2.75) is 13.0 Å². The molecule has 0 fully saturated rings. The van der Waals surface area contributed by atoms with Crippen LogP contribution in [0.2, 0.25) is 0 Å². The zero-order chi connectivity index (χ0) is 19.4. The molecule has 0 spiro atoms. The van der Waals surface area contributed by atoms with Gasteiger partial charge in [0.05, 0.1) is 25.8 Å². The molecule has 0 aliphatic carbocycles. The molecule has 8 heteroatoms. The molecule has 0 saturated heterocycles. The number of ether oxygens (including phenoxy) is 2. The topological polar surface area (TPSA) is 102 Å². The summed E-state index contributed by atoms with van der Waals surface area (Å²) < 4.78 is 10.8. The van der Waals surface area contributed by atoms with Gasteiger partial charge in [0.25, 0.3) is 5.91 Å². The molecule has 3 amide bonds. The average molecular weight is 368 g/mol. The molecule has 27 heavy (non-hydrogen) atoms. The number of allylic oxidation sites excluding steroid dienone is 1. The molecule has 1 aromatic heterocycles. The van der Waals surface area contributed by atoms with Gasteiger partial charge in [0.1, 0.15) is 5.82 Å². The number of rotatable bonds is 5. The first-order valence-electron chi connectivity index (χ1n) is 8.26. The molecule has 1 unspecified atom stereocenters. The highest BCUT2D eigenvalue weighted by Gasteiger charge is 2.33. The van der Waals surface area contributed by atoms with Crippen molar-refractivity contribution in [2.75, 3.05) is 19.5 Å². The lowest BCUT2D eigenvalue weighted by Gasteiger charge is -2.29. The number of methoxy groups -OCH3 is 2. The maximum absolute atomic E-state index is 13.0. The minimum atomic E-state index is -0.715. The van der Waals surface area contributed by atoms with Crippen LogP contribution in [0.5, 0.6) is 11.5 Å². The third kappa shape index (κ3) is 3.69. The van der Waals surface area contributed by atoms with Gasteiger partial charge in [-0.05, 0) is 25.1 Å². The Morgan fingerprint density at radius 1 is 1.15 bits per heavy atom. The summed E-state index contributed by atoms with van der Waals surface area (Å²) in [6.45, 7) is 1.67. The quantitative estimate of drug-likeness (QED) is 0.752. The Bertz CT molecular complexity index is 896. The average Bonchev–Trinajstić information content (AvgIpc) is 2.67. The summed E-state index contributed by atoms with van der Waals surface area (Å²) in [5, 5.41) is 8.17. The standard InChI is InChI=1S/C19H20N4O4/c1-11-15(18(24)22-14-9-4-5-10-20-14)16(23-19(25)21-11)12-7-6-8-13(26-2)17(12)27-3/h4-10,16H,1-3H3,(H,20,22,24)(H2,21,23,25). The molecule has 140 valence electrons. The normalized spacial score (nSPS) is 16.3. The smallest absolute Gasteiger partial charge is 0.319 e. The third-order valence-corrected chi connectivity index (χ3v) is 4.16. The Hall–Kier alpha value is -3.55. The summed E-state index contributed by atoms with van der Waals surface area (Å²) in [4.78, 5) is 29.1. The number of pyridine rings is 1. The fourth-order valence-electron chi connectivity index (χ4n) is 2.99. The number of nitrogens with zero attached hydrogens (tertiary/aromatic N) is 1. The molecule has 0 radical (unpaired) electrons. The van der Waals surface area contributed by atoms with Crippen LogP contribution in [0.25, 0.3) is 0 Å². The maximum Gasteiger partial charge on any atom is 0.319 e. The van der Waals surface area contributed by atoms with Crippen LogP contribution in [0, 0.1) is 0 Å². The Kier molecular flexibility index (Phi) is 5.25. The molecule has 0 bridgehead atoms. The first kappa shape index (κ1) is 18.2. The molecule has 3 rings (SSSR count). The van der Waals surface area contributed by atoms with Gasteiger partial charge in [0, 0.05) is 17.5 Å². The zero-order valence-electron chi connectivity index (χ0n) is 15.2. The van der Waals surface area contributed by atoms with Crippen molar-refractivity contribution in [2.24, 2.45) is 0 Å². The molecule has 2 heterocycles. The second-order valence-electron chi connectivity index (χ2n) is 5.82. The lowest BCUT2D eigenvalue weighted by atomic mass is 9.93. The van der Waals surface area contributed by atoms with Crippen LogP contribution in [0.4, 0.5) is 10.6 Å². The second-order valence-corrected chi connectivity index (χ2v) is 5.82. The number of anilines is 1. The number of aromatic nitrogens is 1. The highest BCUT2D eigenvalue weighted by molar-refractivity contribution is 6.06. The first-order valence-corrected chi connectivity index (χ1v) is 8.26. The monoisotopic (exact) mass is 368 g/mol. The largest absolute Gasteiger partial charge is 0.493 e. The van der Waals surface area contributed by atoms with E-state index in [0.29, 0.717) is 34.2 Å². The minimum Gasteiger partial charge on any atom is -0.493 e. The predicted octanol–water partition coefficient (Wildman–Crippen LogP) is 2.37. The number of hydrogen-bond donors (Lipinski definition) is 3. The fraction of sp³-hybridized carbons (Fsp3) is 0.211. The summed E-state index contributed by atoms with van der Waals surface area (Å²) in [6, 6.07) is 9.39. The summed E-state index contributed by atoms with van der Waals surface area (Å²) in [7, 11) is 3.03. The Labute approximate surface area is 156 Å². The highest BCUT2D eigenvalue weighted by atomic mass is 16.5. The molecule has 0 saturated carbocycles. The van der Waals surface area contributed by atoms with Gasteiger partial charge in [-0.25, -0.2) is 9.78 Å². The van der Waals surface area contributed by atoms with E-state index in [1.807, 2.05) is 0 Å². The van der Waals surface area contributed by atoms with Gasteiger partial charge >= 0.3 is 6.03 Å². The maximum atomic E-state index is 13.0. The molecule has 1 atom stereocenters. The molecular formula is C19H20N4O4. The van der Waals surface area contributed by atoms with Crippen molar-refractivity contribution in [1.82, 2.24) is 15.6 Å². The zero-order valence-corrected chi connectivity index (χ0v) is 15.2. The summed E-state index contributed by atoms with van der Waals surface area (Å²) in [6.07, 6.45) is 1.58. The van der Waals surface area contributed by atoms with Gasteiger partial charge in [0.2, 0.25) is 0 Å². The molecule has 1 aromatic carbocycles. The van der Waals surface area contributed by atoms with Crippen molar-refractivity contribution < 1.29 is 19.1 Å². The minimum absolute atomic E-state index is 0.354. The molecule has 3 N–H and O–H groups in total. The van der Waals surface area contributed by atoms with Gasteiger partial charge in [-0.2, -0.15) is 0 Å². The number of benzene rings is 1. The molecule has 2 aromatic rings. The fourth-order valence-corrected chi connectivity index (χ4v) is 2.99. The van der Waals surface area contributed by atoms with Crippen LogP contribution in [-0.2, 0) is 4.79 Å². The summed E-state index contributed by atoms with van der Waals surface area (Å²) in [5.74, 6) is 0.984. The second kappa shape index (κ2) is 7.77. The number of hydrogen-bond acceptors (Lipinski definition) is 5. The van der Waals surface area contributed by atoms with E-state index in [9.17, 15) is 9.59 Å². The SMILES string of the molecule is COc1cccc(C2NC(=O)NC(C)=C2C(=O)Nc2ccccn2)c1OC. The van der Waals surface area contributed by atoms with Crippen molar-refractivity contribution >= 4 is 17.8 Å². The van der Waals surface area contributed by atoms with E-state index in [1.54, 1.807) is 49.5 Å². The lowest BCUT2D eigenvalue weighted by molar-refractivity contribution is -0.113. The molecule has 8 nitrogen and oxygen atoms in total. The van der Waals surface area contributed by atoms with E-state index in [0.717, 1.165) is 0 Å². The summed E-state index contributed by atoms with van der Waals surface area (Å²) >= 11 is 0. The van der Waals surface area contributed by atoms with Gasteiger partial charge in [-0.3, -0.25) is 4.79 Å². The van der Waals surface area contributed by atoms with E-state index >= 15 is 0 Å². The highest BCUT2D eigenvalue weighted by Crippen LogP contribution is 2.38. The van der Waals surface area contributed by atoms with Crippen molar-refractivity contribution in [3.63, 3.8) is 0 Å². The van der Waals surface area contributed by atoms with E-state index in [4.69, 9.17) is 9.47 Å². The van der Waals surface area contributed by atoms with Gasteiger partial charge < -0.3 is 25.4 Å². The van der Waals surface area contributed by atoms with Crippen LogP contribution >= 0.6 is 0 Å². The Balaban J connectivity index is 2.04. The number of nitrogens with one attached hydrogen (secondary N) is 3. The van der Waals surface area contributed by atoms with E-state index in [2.05, 4.69) is 20.9 Å². The predicted molar refractivity (Wildman–Crippen MR) is 99.5 cm³/mol. The van der Waals surface area contributed by atoms with Crippen LogP contribution < -0.4 is 25.4 Å². The number of carbonyl (C=O) groups is 2. The van der Waals surface area contributed by atoms with E-state index < -0.39 is 12.1 Å². The molecule has 1 aliphatic heterocycles. The Morgan fingerprint density at radius 3 is 2.63 bits per heavy atom. The summed E-state index contributed by atoms with van der Waals surface area (Å²) in [5.41, 5.74) is 1.41. The number of para-hydroxylation sites is 1. The van der Waals surface area contributed by atoms with Crippen molar-refractivity contribution in [3.8, 4) is 11.5 Å². The third-order valence-electron chi connectivity index (χ3n) is 4.16. The van der Waals surface area contributed by atoms with Crippen molar-refractivity contribution in [1.29, 1.82) is 0 Å². The van der Waals surface area contributed by atoms with Gasteiger partial charge in [-0.15, -0.1) is 0 Å². The van der Waals surface area contributed by atoms with Gasteiger partial charge in [0.15, 0.2) is 11.5 Å². The van der Waals surface area contributed by atoms with Gasteiger partial charge in [-0.1, -0.05) is 18.2 Å². The van der Waals surface area contributed by atoms with E-state index in [1.165, 1.54) is 14.2 Å².